The first-order chi connectivity index (χ1) is 5.33. The van der Waals surface area contributed by atoms with Gasteiger partial charge in [0.05, 0.1) is 0 Å². The minimum absolute atomic E-state index is 0.623. The second-order valence-corrected chi connectivity index (χ2v) is 3.06. The smallest absolute Gasteiger partial charge is 0.112 e. The highest BCUT2D eigenvalue weighted by atomic mass is 19.1. The highest BCUT2D eigenvalue weighted by Crippen LogP contribution is 2.01. The molecule has 0 aromatic rings. The van der Waals surface area contributed by atoms with Crippen molar-refractivity contribution in [1.82, 2.24) is 10.2 Å². The molecule has 1 saturated heterocycles. The third-order valence-corrected chi connectivity index (χ3v) is 2.11. The van der Waals surface area contributed by atoms with Gasteiger partial charge in [-0.15, -0.1) is 0 Å². The maximum Gasteiger partial charge on any atom is 0.112 e. The molecule has 0 saturated carbocycles. The highest BCUT2D eigenvalue weighted by Gasteiger charge is 2.13. The van der Waals surface area contributed by atoms with Crippen molar-refractivity contribution in [1.29, 1.82) is 0 Å². The Morgan fingerprint density at radius 1 is 1.45 bits per heavy atom. The SMILES string of the molecule is CCC(F)CN1CCNCC1. The van der Waals surface area contributed by atoms with Gasteiger partial charge in [0, 0.05) is 32.7 Å². The van der Waals surface area contributed by atoms with Crippen LogP contribution in [0.5, 0.6) is 0 Å². The average molecular weight is 160 g/mol. The highest BCUT2D eigenvalue weighted by molar-refractivity contribution is 4.70. The van der Waals surface area contributed by atoms with E-state index < -0.39 is 6.17 Å². The molecule has 1 rings (SSSR count). The zero-order chi connectivity index (χ0) is 8.10. The first kappa shape index (κ1) is 8.94. The molecule has 0 spiro atoms. The zero-order valence-electron chi connectivity index (χ0n) is 7.15. The number of halogens is 1. The zero-order valence-corrected chi connectivity index (χ0v) is 7.15. The number of alkyl halides is 1. The minimum atomic E-state index is -0.631. The standard InChI is InChI=1S/C8H17FN2/c1-2-8(9)7-11-5-3-10-4-6-11/h8,10H,2-7H2,1H3. The molecule has 0 aromatic heterocycles. The van der Waals surface area contributed by atoms with Crippen molar-refractivity contribution in [3.8, 4) is 0 Å². The van der Waals surface area contributed by atoms with Gasteiger partial charge < -0.3 is 5.32 Å². The van der Waals surface area contributed by atoms with Crippen LogP contribution < -0.4 is 5.32 Å². The van der Waals surface area contributed by atoms with Crippen molar-refractivity contribution >= 4 is 0 Å². The first-order valence-electron chi connectivity index (χ1n) is 4.40. The van der Waals surface area contributed by atoms with Gasteiger partial charge in [-0.05, 0) is 6.42 Å². The molecule has 11 heavy (non-hydrogen) atoms. The van der Waals surface area contributed by atoms with Crippen LogP contribution in [0.4, 0.5) is 4.39 Å². The number of nitrogens with one attached hydrogen (secondary N) is 1. The van der Waals surface area contributed by atoms with Gasteiger partial charge in [-0.25, -0.2) is 4.39 Å². The van der Waals surface area contributed by atoms with Crippen LogP contribution in [0.15, 0.2) is 0 Å². The van der Waals surface area contributed by atoms with Gasteiger partial charge in [0.25, 0.3) is 0 Å². The van der Waals surface area contributed by atoms with Crippen LogP contribution in [0.25, 0.3) is 0 Å². The Morgan fingerprint density at radius 2 is 2.09 bits per heavy atom. The van der Waals surface area contributed by atoms with Crippen molar-refractivity contribution in [2.75, 3.05) is 32.7 Å². The van der Waals surface area contributed by atoms with Crippen LogP contribution in [-0.2, 0) is 0 Å². The summed E-state index contributed by atoms with van der Waals surface area (Å²) in [5.74, 6) is 0. The van der Waals surface area contributed by atoms with Gasteiger partial charge in [0.1, 0.15) is 6.17 Å². The summed E-state index contributed by atoms with van der Waals surface area (Å²) in [5.41, 5.74) is 0. The van der Waals surface area contributed by atoms with E-state index in [1.54, 1.807) is 0 Å². The van der Waals surface area contributed by atoms with Crippen molar-refractivity contribution in [2.24, 2.45) is 0 Å². The molecule has 1 fully saturated rings. The molecular weight excluding hydrogens is 143 g/mol. The van der Waals surface area contributed by atoms with E-state index in [1.165, 1.54) is 0 Å². The summed E-state index contributed by atoms with van der Waals surface area (Å²) >= 11 is 0. The van der Waals surface area contributed by atoms with Crippen LogP contribution in [-0.4, -0.2) is 43.8 Å². The largest absolute Gasteiger partial charge is 0.314 e. The van der Waals surface area contributed by atoms with E-state index in [1.807, 2.05) is 6.92 Å². The summed E-state index contributed by atoms with van der Waals surface area (Å²) in [5, 5.41) is 3.24. The molecule has 2 nitrogen and oxygen atoms in total. The van der Waals surface area contributed by atoms with Crippen molar-refractivity contribution < 1.29 is 4.39 Å². The number of piperazine rings is 1. The summed E-state index contributed by atoms with van der Waals surface area (Å²) in [4.78, 5) is 2.19. The molecule has 0 aromatic carbocycles. The molecule has 0 aliphatic carbocycles. The van der Waals surface area contributed by atoms with Crippen LogP contribution >= 0.6 is 0 Å². The third-order valence-electron chi connectivity index (χ3n) is 2.11. The lowest BCUT2D eigenvalue weighted by Gasteiger charge is -2.27. The molecule has 0 amide bonds. The van der Waals surface area contributed by atoms with Gasteiger partial charge in [0.2, 0.25) is 0 Å². The predicted molar refractivity (Wildman–Crippen MR) is 44.5 cm³/mol. The molecule has 66 valence electrons. The topological polar surface area (TPSA) is 15.3 Å². The van der Waals surface area contributed by atoms with Gasteiger partial charge in [-0.2, -0.15) is 0 Å². The van der Waals surface area contributed by atoms with Gasteiger partial charge >= 0.3 is 0 Å². The van der Waals surface area contributed by atoms with Gasteiger partial charge in [-0.1, -0.05) is 6.92 Å². The number of hydrogen-bond donors (Lipinski definition) is 1. The Balaban J connectivity index is 2.13. The monoisotopic (exact) mass is 160 g/mol. The molecule has 1 aliphatic heterocycles. The maximum absolute atomic E-state index is 12.9. The summed E-state index contributed by atoms with van der Waals surface area (Å²) in [6, 6.07) is 0. The molecule has 1 N–H and O–H groups in total. The lowest BCUT2D eigenvalue weighted by atomic mass is 10.2. The fourth-order valence-corrected chi connectivity index (χ4v) is 1.30. The normalized spacial score (nSPS) is 23.5. The lowest BCUT2D eigenvalue weighted by Crippen LogP contribution is -2.45. The van der Waals surface area contributed by atoms with Crippen LogP contribution in [0.3, 0.4) is 0 Å². The van der Waals surface area contributed by atoms with Crippen LogP contribution in [0.1, 0.15) is 13.3 Å². The third kappa shape index (κ3) is 3.16. The van der Waals surface area contributed by atoms with Crippen molar-refractivity contribution in [3.05, 3.63) is 0 Å². The molecule has 1 heterocycles. The summed E-state index contributed by atoms with van der Waals surface area (Å²) < 4.78 is 12.9. The van der Waals surface area contributed by atoms with E-state index in [4.69, 9.17) is 0 Å². The first-order valence-corrected chi connectivity index (χ1v) is 4.40. The Bertz CT molecular complexity index is 102. The van der Waals surface area contributed by atoms with Crippen molar-refractivity contribution in [2.45, 2.75) is 19.5 Å². The second kappa shape index (κ2) is 4.67. The molecule has 3 heteroatoms. The fraction of sp³-hybridized carbons (Fsp3) is 1.00. The van der Waals surface area contributed by atoms with Crippen molar-refractivity contribution in [3.63, 3.8) is 0 Å². The number of hydrogen-bond acceptors (Lipinski definition) is 2. The van der Waals surface area contributed by atoms with Gasteiger partial charge in [0.15, 0.2) is 0 Å². The molecule has 1 aliphatic rings. The van der Waals surface area contributed by atoms with Crippen LogP contribution in [0.2, 0.25) is 0 Å². The fourth-order valence-electron chi connectivity index (χ4n) is 1.30. The van der Waals surface area contributed by atoms with E-state index in [2.05, 4.69) is 10.2 Å². The van der Waals surface area contributed by atoms with Crippen LogP contribution in [0, 0.1) is 0 Å². The van der Waals surface area contributed by atoms with E-state index in [9.17, 15) is 4.39 Å². The molecule has 0 bridgehead atoms. The molecule has 0 radical (unpaired) electrons. The van der Waals surface area contributed by atoms with E-state index in [-0.39, 0.29) is 0 Å². The summed E-state index contributed by atoms with van der Waals surface area (Å²) in [6.07, 6.45) is 0.0114. The summed E-state index contributed by atoms with van der Waals surface area (Å²) in [7, 11) is 0. The summed E-state index contributed by atoms with van der Waals surface area (Å²) in [6.45, 7) is 6.54. The quantitative estimate of drug-likeness (QED) is 0.651. The predicted octanol–water partition coefficient (Wildman–Crippen LogP) is 0.640. The van der Waals surface area contributed by atoms with E-state index in [0.717, 1.165) is 26.2 Å². The Labute approximate surface area is 67.8 Å². The maximum atomic E-state index is 12.9. The van der Waals surface area contributed by atoms with Gasteiger partial charge in [-0.3, -0.25) is 4.90 Å². The Morgan fingerprint density at radius 3 is 2.64 bits per heavy atom. The average Bonchev–Trinajstić information content (AvgIpc) is 2.06. The Hall–Kier alpha value is -0.150. The number of rotatable bonds is 3. The second-order valence-electron chi connectivity index (χ2n) is 3.06. The lowest BCUT2D eigenvalue weighted by molar-refractivity contribution is 0.171. The molecular formula is C8H17FN2. The molecule has 1 atom stereocenters. The number of nitrogens with zero attached hydrogens (tertiary/aromatic N) is 1. The van der Waals surface area contributed by atoms with E-state index in [0.29, 0.717) is 13.0 Å². The molecule has 1 unspecified atom stereocenters. The Kier molecular flexibility index (Phi) is 3.80. The van der Waals surface area contributed by atoms with E-state index >= 15 is 0 Å². The minimum Gasteiger partial charge on any atom is -0.314 e.